The lowest BCUT2D eigenvalue weighted by Crippen LogP contribution is -1.95. The molecule has 2 atom stereocenters. The monoisotopic (exact) mass is 521 g/mol. The molecule has 0 aliphatic carbocycles. The zero-order chi connectivity index (χ0) is 27.1. The largest absolute Gasteiger partial charge is 0.0654 e. The van der Waals surface area contributed by atoms with Crippen LogP contribution < -0.4 is 0 Å². The van der Waals surface area contributed by atoms with Crippen LogP contribution in [-0.4, -0.2) is 0 Å². The van der Waals surface area contributed by atoms with Crippen molar-refractivity contribution in [3.8, 4) is 0 Å². The summed E-state index contributed by atoms with van der Waals surface area (Å²) in [5.74, 6) is 1.91. The molecule has 0 heteroatoms. The van der Waals surface area contributed by atoms with Gasteiger partial charge in [0.25, 0.3) is 0 Å². The maximum Gasteiger partial charge on any atom is -0.0443 e. The SMILES string of the molecule is CCCCCCCCCCCCCCCCCCCCC(C)CCCCCCCCCCCC(C)CC. The van der Waals surface area contributed by atoms with E-state index in [0.717, 1.165) is 11.8 Å². The lowest BCUT2D eigenvalue weighted by atomic mass is 9.95. The Hall–Kier alpha value is 0. The Bertz CT molecular complexity index is 385. The van der Waals surface area contributed by atoms with E-state index in [0.29, 0.717) is 0 Å². The van der Waals surface area contributed by atoms with Crippen molar-refractivity contribution in [1.29, 1.82) is 0 Å². The zero-order valence-electron chi connectivity index (χ0n) is 27.1. The molecular weight excluding hydrogens is 444 g/mol. The van der Waals surface area contributed by atoms with Crippen LogP contribution in [0.3, 0.4) is 0 Å². The Labute approximate surface area is 238 Å². The third-order valence-corrected chi connectivity index (χ3v) is 9.14. The molecule has 0 aromatic rings. The van der Waals surface area contributed by atoms with Crippen molar-refractivity contribution in [3.05, 3.63) is 0 Å². The predicted molar refractivity (Wildman–Crippen MR) is 173 cm³/mol. The van der Waals surface area contributed by atoms with Crippen LogP contribution in [0, 0.1) is 11.8 Å². The number of unbranched alkanes of at least 4 members (excludes halogenated alkanes) is 25. The molecule has 0 rings (SSSR count). The van der Waals surface area contributed by atoms with Gasteiger partial charge in [-0.05, 0) is 11.8 Å². The summed E-state index contributed by atoms with van der Waals surface area (Å²) in [4.78, 5) is 0. The van der Waals surface area contributed by atoms with Crippen LogP contribution in [0.2, 0.25) is 0 Å². The fourth-order valence-electron chi connectivity index (χ4n) is 5.97. The second-order valence-electron chi connectivity index (χ2n) is 13.2. The van der Waals surface area contributed by atoms with Crippen molar-refractivity contribution in [3.63, 3.8) is 0 Å². The second kappa shape index (κ2) is 32.2. The molecular formula is C37H76. The van der Waals surface area contributed by atoms with Gasteiger partial charge in [0, 0.05) is 0 Å². The smallest absolute Gasteiger partial charge is 0.0443 e. The van der Waals surface area contributed by atoms with Gasteiger partial charge in [-0.15, -0.1) is 0 Å². The predicted octanol–water partition coefficient (Wildman–Crippen LogP) is 14.4. The van der Waals surface area contributed by atoms with Crippen molar-refractivity contribution in [2.24, 2.45) is 11.8 Å². The molecule has 0 radical (unpaired) electrons. The van der Waals surface area contributed by atoms with Crippen molar-refractivity contribution in [2.45, 2.75) is 227 Å². The molecule has 0 fully saturated rings. The maximum atomic E-state index is 2.51. The van der Waals surface area contributed by atoms with Crippen LogP contribution in [0.25, 0.3) is 0 Å². The fraction of sp³-hybridized carbons (Fsp3) is 1.00. The normalized spacial score (nSPS) is 13.3. The molecule has 2 unspecified atom stereocenters. The molecule has 224 valence electrons. The molecule has 0 saturated heterocycles. The topological polar surface area (TPSA) is 0 Å². The van der Waals surface area contributed by atoms with Gasteiger partial charge < -0.3 is 0 Å². The highest BCUT2D eigenvalue weighted by atomic mass is 14.1. The molecule has 0 N–H and O–H groups in total. The Morgan fingerprint density at radius 3 is 0.730 bits per heavy atom. The summed E-state index contributed by atoms with van der Waals surface area (Å²) >= 11 is 0. The van der Waals surface area contributed by atoms with Gasteiger partial charge in [-0.25, -0.2) is 0 Å². The van der Waals surface area contributed by atoms with Crippen molar-refractivity contribution < 1.29 is 0 Å². The minimum Gasteiger partial charge on any atom is -0.0654 e. The molecule has 0 spiro atoms. The second-order valence-corrected chi connectivity index (χ2v) is 13.2. The Morgan fingerprint density at radius 1 is 0.270 bits per heavy atom. The quantitative estimate of drug-likeness (QED) is 0.0773. The molecule has 37 heavy (non-hydrogen) atoms. The summed E-state index contributed by atoms with van der Waals surface area (Å²) < 4.78 is 0. The van der Waals surface area contributed by atoms with E-state index in [1.165, 1.54) is 199 Å². The fourth-order valence-corrected chi connectivity index (χ4v) is 5.97. The van der Waals surface area contributed by atoms with E-state index in [1.54, 1.807) is 0 Å². The highest BCUT2D eigenvalue weighted by Gasteiger charge is 2.03. The van der Waals surface area contributed by atoms with Crippen molar-refractivity contribution in [2.75, 3.05) is 0 Å². The first kappa shape index (κ1) is 37.0. The van der Waals surface area contributed by atoms with E-state index >= 15 is 0 Å². The minimum absolute atomic E-state index is 0.946. The minimum atomic E-state index is 0.946. The molecule has 0 aliphatic heterocycles. The van der Waals surface area contributed by atoms with E-state index in [1.807, 2.05) is 0 Å². The third-order valence-electron chi connectivity index (χ3n) is 9.14. The Balaban J connectivity index is 3.15. The van der Waals surface area contributed by atoms with E-state index in [4.69, 9.17) is 0 Å². The van der Waals surface area contributed by atoms with Gasteiger partial charge in [-0.3, -0.25) is 0 Å². The summed E-state index contributed by atoms with van der Waals surface area (Å²) in [5, 5.41) is 0. The molecule has 0 saturated carbocycles. The summed E-state index contributed by atoms with van der Waals surface area (Å²) in [6, 6.07) is 0. The molecule has 0 heterocycles. The molecule has 0 amide bonds. The van der Waals surface area contributed by atoms with Crippen LogP contribution in [0.4, 0.5) is 0 Å². The number of rotatable bonds is 32. The van der Waals surface area contributed by atoms with E-state index in [-0.39, 0.29) is 0 Å². The lowest BCUT2D eigenvalue weighted by molar-refractivity contribution is 0.429. The molecule has 0 aliphatic rings. The van der Waals surface area contributed by atoms with Crippen LogP contribution in [0.5, 0.6) is 0 Å². The first-order chi connectivity index (χ1) is 18.2. The first-order valence-corrected chi connectivity index (χ1v) is 18.2. The summed E-state index contributed by atoms with van der Waals surface area (Å²) in [6.07, 6.45) is 45.7. The highest BCUT2D eigenvalue weighted by molar-refractivity contribution is 4.57. The van der Waals surface area contributed by atoms with Crippen LogP contribution in [0.1, 0.15) is 227 Å². The third kappa shape index (κ3) is 32.1. The van der Waals surface area contributed by atoms with E-state index < -0.39 is 0 Å². The standard InChI is InChI=1S/C37H76/c1-5-7-8-9-10-11-12-13-14-15-16-17-18-19-21-25-28-31-34-37(4)35-32-29-26-23-20-22-24-27-30-33-36(3)6-2/h36-37H,5-35H2,1-4H3. The van der Waals surface area contributed by atoms with Gasteiger partial charge in [0.2, 0.25) is 0 Å². The summed E-state index contributed by atoms with van der Waals surface area (Å²) in [7, 11) is 0. The molecule has 0 aromatic carbocycles. The zero-order valence-corrected chi connectivity index (χ0v) is 27.1. The van der Waals surface area contributed by atoms with Crippen LogP contribution in [-0.2, 0) is 0 Å². The van der Waals surface area contributed by atoms with Gasteiger partial charge in [-0.1, -0.05) is 227 Å². The van der Waals surface area contributed by atoms with Crippen molar-refractivity contribution in [1.82, 2.24) is 0 Å². The van der Waals surface area contributed by atoms with Gasteiger partial charge in [-0.2, -0.15) is 0 Å². The Kier molecular flexibility index (Phi) is 32.2. The van der Waals surface area contributed by atoms with Gasteiger partial charge in [0.05, 0.1) is 0 Å². The summed E-state index contributed by atoms with van der Waals surface area (Å²) in [6.45, 7) is 9.55. The average Bonchev–Trinajstić information content (AvgIpc) is 2.90. The lowest BCUT2D eigenvalue weighted by Gasteiger charge is -2.11. The molecule has 0 bridgehead atoms. The Morgan fingerprint density at radius 2 is 0.486 bits per heavy atom. The van der Waals surface area contributed by atoms with E-state index in [9.17, 15) is 0 Å². The van der Waals surface area contributed by atoms with Gasteiger partial charge >= 0.3 is 0 Å². The molecule has 0 aromatic heterocycles. The number of hydrogen-bond acceptors (Lipinski definition) is 0. The van der Waals surface area contributed by atoms with Crippen molar-refractivity contribution >= 4 is 0 Å². The van der Waals surface area contributed by atoms with Crippen LogP contribution >= 0.6 is 0 Å². The maximum absolute atomic E-state index is 2.51. The average molecular weight is 521 g/mol. The van der Waals surface area contributed by atoms with Gasteiger partial charge in [0.15, 0.2) is 0 Å². The summed E-state index contributed by atoms with van der Waals surface area (Å²) in [5.41, 5.74) is 0. The van der Waals surface area contributed by atoms with Gasteiger partial charge in [0.1, 0.15) is 0 Å². The van der Waals surface area contributed by atoms with E-state index in [2.05, 4.69) is 27.7 Å². The number of hydrogen-bond donors (Lipinski definition) is 0. The highest BCUT2D eigenvalue weighted by Crippen LogP contribution is 2.20. The van der Waals surface area contributed by atoms with Crippen LogP contribution in [0.15, 0.2) is 0 Å². The molecule has 0 nitrogen and oxygen atoms in total. The first-order valence-electron chi connectivity index (χ1n) is 18.2.